The molecule has 2 N–H and O–H groups in total. The molecule has 0 bridgehead atoms. The molecule has 16 heteroatoms. The number of carbonyl (C=O) groups excluding carboxylic acids is 4. The average Bonchev–Trinajstić information content (AvgIpc) is 3.88. The van der Waals surface area contributed by atoms with E-state index in [-0.39, 0.29) is 17.5 Å². The molecule has 4 amide bonds. The summed E-state index contributed by atoms with van der Waals surface area (Å²) in [5.74, 6) is 1.42. The number of aryl methyl sites for hydroxylation is 2. The van der Waals surface area contributed by atoms with E-state index in [0.29, 0.717) is 41.7 Å². The van der Waals surface area contributed by atoms with Gasteiger partial charge in [0.05, 0.1) is 33.5 Å². The normalized spacial score (nSPS) is 17.6. The molecular weight excluding hydrogens is 733 g/mol. The maximum absolute atomic E-state index is 15.8. The molecule has 0 aliphatic carbocycles. The lowest BCUT2D eigenvalue weighted by Gasteiger charge is -2.34. The third kappa shape index (κ3) is 6.06. The van der Waals surface area contributed by atoms with E-state index in [4.69, 9.17) is 16.6 Å². The molecule has 1 atom stereocenters. The summed E-state index contributed by atoms with van der Waals surface area (Å²) in [5, 5.41) is 19.8. The first-order chi connectivity index (χ1) is 26.0. The second-order valence-corrected chi connectivity index (χ2v) is 14.5. The van der Waals surface area contributed by atoms with Crippen molar-refractivity contribution in [2.75, 3.05) is 11.9 Å². The van der Waals surface area contributed by atoms with Crippen molar-refractivity contribution in [1.82, 2.24) is 34.8 Å². The SMILES string of the molecule is Cc1c(C#Cc2cnn(CCCCNc3cccc4c3C(=O)N(C3(F)CCC(=O)NC3=O)C4=O)c2)sc2c1C(c1ccc(Cl)cc1)=NCc1nnc(C)n1-2. The number of anilines is 1. The molecule has 13 nitrogen and oxygen atoms in total. The monoisotopic (exact) mass is 763 g/mol. The first kappa shape index (κ1) is 35.1. The maximum Gasteiger partial charge on any atom is 0.285 e. The van der Waals surface area contributed by atoms with Gasteiger partial charge in [0.25, 0.3) is 23.5 Å². The summed E-state index contributed by atoms with van der Waals surface area (Å²) in [4.78, 5) is 56.5. The molecule has 2 aromatic carbocycles. The molecule has 8 rings (SSSR count). The number of thiophene rings is 1. The summed E-state index contributed by atoms with van der Waals surface area (Å²) in [6.07, 6.45) is 4.13. The van der Waals surface area contributed by atoms with Gasteiger partial charge in [-0.2, -0.15) is 5.10 Å². The molecule has 1 unspecified atom stereocenters. The van der Waals surface area contributed by atoms with Crippen molar-refractivity contribution < 1.29 is 23.6 Å². The van der Waals surface area contributed by atoms with E-state index < -0.39 is 35.8 Å². The van der Waals surface area contributed by atoms with Crippen LogP contribution in [0.15, 0.2) is 59.9 Å². The van der Waals surface area contributed by atoms with Gasteiger partial charge in [0.1, 0.15) is 17.4 Å². The minimum atomic E-state index is -2.94. The molecule has 0 saturated carbocycles. The number of hydrogen-bond acceptors (Lipinski definition) is 10. The maximum atomic E-state index is 15.8. The number of fused-ring (bicyclic) bond motifs is 4. The van der Waals surface area contributed by atoms with Gasteiger partial charge in [-0.15, -0.1) is 21.5 Å². The van der Waals surface area contributed by atoms with Crippen LogP contribution < -0.4 is 10.6 Å². The quantitative estimate of drug-likeness (QED) is 0.0954. The molecule has 3 aliphatic heterocycles. The van der Waals surface area contributed by atoms with Gasteiger partial charge in [0.2, 0.25) is 5.91 Å². The van der Waals surface area contributed by atoms with Gasteiger partial charge in [-0.3, -0.25) is 38.7 Å². The van der Waals surface area contributed by atoms with E-state index in [1.165, 1.54) is 6.07 Å². The van der Waals surface area contributed by atoms with Gasteiger partial charge >= 0.3 is 0 Å². The Kier molecular flexibility index (Phi) is 8.95. The Morgan fingerprint density at radius 2 is 1.83 bits per heavy atom. The number of carbonyl (C=O) groups is 4. The van der Waals surface area contributed by atoms with Crippen molar-refractivity contribution >= 4 is 58.0 Å². The van der Waals surface area contributed by atoms with E-state index in [0.717, 1.165) is 55.9 Å². The van der Waals surface area contributed by atoms with Gasteiger partial charge in [0, 0.05) is 54.0 Å². The van der Waals surface area contributed by atoms with E-state index in [2.05, 4.69) is 43.9 Å². The molecule has 6 heterocycles. The Labute approximate surface area is 317 Å². The Hall–Kier alpha value is -5.98. The fourth-order valence-electron chi connectivity index (χ4n) is 6.85. The highest BCUT2D eigenvalue weighted by atomic mass is 35.5. The summed E-state index contributed by atoms with van der Waals surface area (Å²) in [6, 6.07) is 12.3. The zero-order valence-electron chi connectivity index (χ0n) is 29.1. The van der Waals surface area contributed by atoms with Crippen LogP contribution in [0.3, 0.4) is 0 Å². The van der Waals surface area contributed by atoms with Crippen LogP contribution in [-0.4, -0.2) is 71.1 Å². The third-order valence-electron chi connectivity index (χ3n) is 9.59. The third-order valence-corrected chi connectivity index (χ3v) is 11.0. The van der Waals surface area contributed by atoms with E-state index in [9.17, 15) is 19.2 Å². The number of unbranched alkanes of at least 4 members (excludes halogenated alkanes) is 1. The summed E-state index contributed by atoms with van der Waals surface area (Å²) in [7, 11) is 0. The van der Waals surface area contributed by atoms with Crippen LogP contribution in [0.4, 0.5) is 10.1 Å². The van der Waals surface area contributed by atoms with Crippen LogP contribution in [0.5, 0.6) is 0 Å². The average molecular weight is 764 g/mol. The Balaban J connectivity index is 0.920. The van der Waals surface area contributed by atoms with Gasteiger partial charge in [-0.1, -0.05) is 41.6 Å². The van der Waals surface area contributed by atoms with Crippen LogP contribution in [0.25, 0.3) is 5.00 Å². The van der Waals surface area contributed by atoms with E-state index in [1.54, 1.807) is 29.7 Å². The second kappa shape index (κ2) is 13.8. The first-order valence-corrected chi connectivity index (χ1v) is 18.4. The zero-order valence-corrected chi connectivity index (χ0v) is 30.6. The topological polar surface area (TPSA) is 156 Å². The Morgan fingerprint density at radius 3 is 2.63 bits per heavy atom. The largest absolute Gasteiger partial charge is 0.384 e. The van der Waals surface area contributed by atoms with Crippen molar-refractivity contribution in [1.29, 1.82) is 0 Å². The second-order valence-electron chi connectivity index (χ2n) is 13.1. The molecule has 272 valence electrons. The standard InChI is InChI=1S/C38H31ClFN9O4S/c1-21-28(54-36-31(21)33(24-9-11-25(39)12-10-24)42-19-29-46-45-22(2)48(29)36)13-8-23-18-43-47(20-23)17-4-3-16-41-27-7-5-6-26-32(27)35(52)49(34(26)51)38(40)15-14-30(50)44-37(38)53/h5-7,9-12,18,20,41H,3-4,14-17,19H2,1-2H3,(H,44,50,53). The predicted octanol–water partition coefficient (Wildman–Crippen LogP) is 5.14. The highest BCUT2D eigenvalue weighted by Crippen LogP contribution is 2.39. The Bertz CT molecular complexity index is 2490. The number of amides is 4. The summed E-state index contributed by atoms with van der Waals surface area (Å²) in [6.45, 7) is 5.45. The van der Waals surface area contributed by atoms with Crippen molar-refractivity contribution in [2.24, 2.45) is 4.99 Å². The number of aliphatic imine (C=N–C) groups is 1. The number of rotatable bonds is 8. The van der Waals surface area contributed by atoms with E-state index in [1.807, 2.05) is 47.4 Å². The lowest BCUT2D eigenvalue weighted by atomic mass is 10.00. The van der Waals surface area contributed by atoms with Crippen LogP contribution >= 0.6 is 22.9 Å². The van der Waals surface area contributed by atoms with Crippen molar-refractivity contribution in [3.05, 3.63) is 110 Å². The van der Waals surface area contributed by atoms with Crippen LogP contribution in [0.2, 0.25) is 5.02 Å². The van der Waals surface area contributed by atoms with Crippen molar-refractivity contribution in [3.8, 4) is 16.8 Å². The fraction of sp³-hybridized carbons (Fsp3) is 0.263. The lowest BCUT2D eigenvalue weighted by Crippen LogP contribution is -2.61. The molecule has 54 heavy (non-hydrogen) atoms. The van der Waals surface area contributed by atoms with Crippen molar-refractivity contribution in [3.63, 3.8) is 0 Å². The van der Waals surface area contributed by atoms with E-state index >= 15 is 4.39 Å². The summed E-state index contributed by atoms with van der Waals surface area (Å²) < 4.78 is 19.6. The zero-order chi connectivity index (χ0) is 37.7. The molecule has 0 spiro atoms. The van der Waals surface area contributed by atoms with Gasteiger partial charge in [-0.05, 0) is 56.5 Å². The van der Waals surface area contributed by atoms with Gasteiger partial charge < -0.3 is 5.32 Å². The molecule has 3 aromatic heterocycles. The molecule has 3 aliphatic rings. The number of nitrogens with zero attached hydrogens (tertiary/aromatic N) is 7. The molecule has 0 radical (unpaired) electrons. The number of alkyl halides is 1. The molecule has 1 fully saturated rings. The van der Waals surface area contributed by atoms with Crippen LogP contribution in [-0.2, 0) is 22.7 Å². The van der Waals surface area contributed by atoms with Gasteiger partial charge in [0.15, 0.2) is 5.82 Å². The first-order valence-electron chi connectivity index (χ1n) is 17.2. The summed E-state index contributed by atoms with van der Waals surface area (Å²) >= 11 is 7.76. The number of imide groups is 2. The smallest absolute Gasteiger partial charge is 0.285 e. The molecule has 5 aromatic rings. The number of aromatic nitrogens is 5. The van der Waals surface area contributed by atoms with Gasteiger partial charge in [-0.25, -0.2) is 9.29 Å². The minimum absolute atomic E-state index is 0.000885. The number of hydrogen-bond donors (Lipinski definition) is 2. The number of benzene rings is 2. The predicted molar refractivity (Wildman–Crippen MR) is 199 cm³/mol. The lowest BCUT2D eigenvalue weighted by molar-refractivity contribution is -0.151. The van der Waals surface area contributed by atoms with Crippen molar-refractivity contribution in [2.45, 2.75) is 58.4 Å². The van der Waals surface area contributed by atoms with Crippen LogP contribution in [0, 0.1) is 25.7 Å². The number of nitrogens with one attached hydrogen (secondary N) is 2. The minimum Gasteiger partial charge on any atom is -0.384 e. The highest BCUT2D eigenvalue weighted by molar-refractivity contribution is 7.15. The summed E-state index contributed by atoms with van der Waals surface area (Å²) in [5.41, 5.74) is 4.95. The molecular formula is C38H31ClFN9O4S. The number of halogens is 2. The van der Waals surface area contributed by atoms with Crippen LogP contribution in [0.1, 0.15) is 85.2 Å². The highest BCUT2D eigenvalue weighted by Gasteiger charge is 2.57. The molecule has 1 saturated heterocycles. The number of piperidine rings is 1. The fourth-order valence-corrected chi connectivity index (χ4v) is 8.20. The Morgan fingerprint density at radius 1 is 1.02 bits per heavy atom.